The van der Waals surface area contributed by atoms with E-state index in [4.69, 9.17) is 0 Å². The lowest BCUT2D eigenvalue weighted by Gasteiger charge is -2.37. The molecule has 0 spiro atoms. The number of alkyl halides is 1. The van der Waals surface area contributed by atoms with Crippen molar-refractivity contribution < 1.29 is 0 Å². The van der Waals surface area contributed by atoms with Crippen LogP contribution in [0.4, 0.5) is 0 Å². The maximum atomic E-state index is 2.64. The van der Waals surface area contributed by atoms with Crippen LogP contribution in [0.5, 0.6) is 0 Å². The summed E-state index contributed by atoms with van der Waals surface area (Å²) in [6.45, 7) is 7.15. The van der Waals surface area contributed by atoms with E-state index in [1.54, 1.807) is 0 Å². The van der Waals surface area contributed by atoms with E-state index in [-0.39, 0.29) is 0 Å². The van der Waals surface area contributed by atoms with E-state index in [9.17, 15) is 0 Å². The first-order valence-corrected chi connectivity index (χ1v) is 5.90. The molecule has 0 saturated heterocycles. The molecule has 1 aliphatic rings. The second kappa shape index (κ2) is 3.63. The summed E-state index contributed by atoms with van der Waals surface area (Å²) >= 11 is 2.64. The minimum Gasteiger partial charge on any atom is -0.0823 e. The molecule has 1 aliphatic carbocycles. The van der Waals surface area contributed by atoms with Gasteiger partial charge in [-0.2, -0.15) is 0 Å². The minimum atomic E-state index is 0.534. The molecule has 11 heavy (non-hydrogen) atoms. The zero-order chi connectivity index (χ0) is 8.48. The van der Waals surface area contributed by atoms with E-state index in [0.717, 1.165) is 9.84 Å². The number of halogens is 1. The van der Waals surface area contributed by atoms with Crippen LogP contribution in [-0.2, 0) is 0 Å². The Morgan fingerprint density at radius 3 is 2.00 bits per heavy atom. The van der Waals surface area contributed by atoms with Gasteiger partial charge >= 0.3 is 0 Å². The molecule has 0 bridgehead atoms. The van der Waals surface area contributed by atoms with Crippen LogP contribution in [0.1, 0.15) is 46.5 Å². The molecule has 66 valence electrons. The molecule has 1 heteroatoms. The van der Waals surface area contributed by atoms with Gasteiger partial charge in [0.25, 0.3) is 0 Å². The fraction of sp³-hybridized carbons (Fsp3) is 1.00. The quantitative estimate of drug-likeness (QED) is 0.458. The van der Waals surface area contributed by atoms with E-state index in [2.05, 4.69) is 43.4 Å². The van der Waals surface area contributed by atoms with Crippen molar-refractivity contribution in [1.82, 2.24) is 0 Å². The third-order valence-corrected chi connectivity index (χ3v) is 4.28. The Balaban J connectivity index is 2.55. The Hall–Kier alpha value is 0.730. The predicted octanol–water partition coefficient (Wildman–Crippen LogP) is 4.03. The molecule has 1 fully saturated rings. The lowest BCUT2D eigenvalue weighted by atomic mass is 9.72. The van der Waals surface area contributed by atoms with Crippen LogP contribution in [-0.4, -0.2) is 3.92 Å². The number of hydrogen-bond acceptors (Lipinski definition) is 0. The van der Waals surface area contributed by atoms with E-state index in [1.165, 1.54) is 25.7 Å². The summed E-state index contributed by atoms with van der Waals surface area (Å²) in [6, 6.07) is 0. The lowest BCUT2D eigenvalue weighted by Crippen LogP contribution is -2.31. The third-order valence-electron chi connectivity index (χ3n) is 2.79. The summed E-state index contributed by atoms with van der Waals surface area (Å²) in [4.78, 5) is 0. The number of rotatable bonds is 0. The van der Waals surface area contributed by atoms with Gasteiger partial charge in [-0.3, -0.25) is 0 Å². The maximum absolute atomic E-state index is 2.64. The van der Waals surface area contributed by atoms with E-state index in [0.29, 0.717) is 5.41 Å². The van der Waals surface area contributed by atoms with Gasteiger partial charge in [0.2, 0.25) is 0 Å². The summed E-state index contributed by atoms with van der Waals surface area (Å²) in [5.41, 5.74) is 0.534. The molecule has 0 unspecified atom stereocenters. The zero-order valence-corrected chi connectivity index (χ0v) is 10.0. The number of hydrogen-bond donors (Lipinski definition) is 0. The molecule has 0 aliphatic heterocycles. The molecule has 0 aromatic carbocycles. The van der Waals surface area contributed by atoms with Crippen LogP contribution >= 0.6 is 22.6 Å². The average molecular weight is 266 g/mol. The summed E-state index contributed by atoms with van der Waals surface area (Å²) in [5, 5.41) is 0. The fourth-order valence-electron chi connectivity index (χ4n) is 2.06. The molecule has 0 heterocycles. The Morgan fingerprint density at radius 2 is 1.64 bits per heavy atom. The van der Waals surface area contributed by atoms with Crippen molar-refractivity contribution in [2.24, 2.45) is 11.3 Å². The monoisotopic (exact) mass is 266 g/mol. The second-order valence-electron chi connectivity index (χ2n) is 4.77. The summed E-state index contributed by atoms with van der Waals surface area (Å²) in [6.07, 6.45) is 5.82. The smallest absolute Gasteiger partial charge is 0.0143 e. The van der Waals surface area contributed by atoms with Gasteiger partial charge in [-0.1, -0.05) is 56.2 Å². The van der Waals surface area contributed by atoms with Gasteiger partial charge in [-0.05, 0) is 24.2 Å². The predicted molar refractivity (Wildman–Crippen MR) is 59.2 cm³/mol. The molecule has 1 saturated carbocycles. The van der Waals surface area contributed by atoms with Crippen LogP contribution in [0, 0.1) is 11.3 Å². The molecule has 0 N–H and O–H groups in total. The summed E-state index contributed by atoms with van der Waals surface area (Å²) < 4.78 is 0.932. The molecule has 1 rings (SSSR count). The van der Waals surface area contributed by atoms with Crippen molar-refractivity contribution in [3.8, 4) is 0 Å². The Morgan fingerprint density at radius 1 is 1.09 bits per heavy atom. The minimum absolute atomic E-state index is 0.534. The van der Waals surface area contributed by atoms with Crippen LogP contribution in [0.3, 0.4) is 0 Å². The van der Waals surface area contributed by atoms with Crippen molar-refractivity contribution in [2.75, 3.05) is 0 Å². The fourth-order valence-corrected chi connectivity index (χ4v) is 3.94. The zero-order valence-electron chi connectivity index (χ0n) is 7.86. The molecule has 0 radical (unpaired) electrons. The highest BCUT2D eigenvalue weighted by atomic mass is 127. The molecule has 0 aromatic rings. The van der Waals surface area contributed by atoms with Gasteiger partial charge in [0, 0.05) is 3.92 Å². The topological polar surface area (TPSA) is 0 Å². The first-order valence-electron chi connectivity index (χ1n) is 4.66. The largest absolute Gasteiger partial charge is 0.0823 e. The first kappa shape index (κ1) is 9.82. The molecular weight excluding hydrogens is 247 g/mol. The van der Waals surface area contributed by atoms with Gasteiger partial charge in [-0.15, -0.1) is 0 Å². The van der Waals surface area contributed by atoms with E-state index < -0.39 is 0 Å². The lowest BCUT2D eigenvalue weighted by molar-refractivity contribution is 0.193. The Labute approximate surface area is 84.3 Å². The van der Waals surface area contributed by atoms with Crippen LogP contribution in [0.25, 0.3) is 0 Å². The molecule has 0 nitrogen and oxygen atoms in total. The Kier molecular flexibility index (Phi) is 3.24. The van der Waals surface area contributed by atoms with Gasteiger partial charge in [-0.25, -0.2) is 0 Å². The SMILES string of the molecule is CC(C)(C)[C@H]1CCCC[C@H]1I. The molecular formula is C10H19I. The third kappa shape index (κ3) is 2.60. The molecule has 0 aromatic heterocycles. The Bertz CT molecular complexity index is 123. The van der Waals surface area contributed by atoms with Crippen molar-refractivity contribution in [3.63, 3.8) is 0 Å². The average Bonchev–Trinajstić information content (AvgIpc) is 1.86. The van der Waals surface area contributed by atoms with Gasteiger partial charge in [0.1, 0.15) is 0 Å². The standard InChI is InChI=1S/C10H19I/c1-10(2,3)8-6-4-5-7-9(8)11/h8-9H,4-7H2,1-3H3/t8-,9+/m0/s1. The maximum Gasteiger partial charge on any atom is 0.0143 e. The van der Waals surface area contributed by atoms with Gasteiger partial charge < -0.3 is 0 Å². The normalized spacial score (nSPS) is 33.8. The van der Waals surface area contributed by atoms with Gasteiger partial charge in [0.05, 0.1) is 0 Å². The van der Waals surface area contributed by atoms with Crippen molar-refractivity contribution >= 4 is 22.6 Å². The van der Waals surface area contributed by atoms with Crippen LogP contribution < -0.4 is 0 Å². The van der Waals surface area contributed by atoms with Crippen molar-refractivity contribution in [1.29, 1.82) is 0 Å². The first-order chi connectivity index (χ1) is 5.02. The highest BCUT2D eigenvalue weighted by molar-refractivity contribution is 14.1. The highest BCUT2D eigenvalue weighted by Gasteiger charge is 2.32. The van der Waals surface area contributed by atoms with Crippen LogP contribution in [0.2, 0.25) is 0 Å². The van der Waals surface area contributed by atoms with Crippen molar-refractivity contribution in [2.45, 2.75) is 50.4 Å². The summed E-state index contributed by atoms with van der Waals surface area (Å²) in [7, 11) is 0. The van der Waals surface area contributed by atoms with E-state index >= 15 is 0 Å². The molecule has 2 atom stereocenters. The van der Waals surface area contributed by atoms with E-state index in [1.807, 2.05) is 0 Å². The summed E-state index contributed by atoms with van der Waals surface area (Å²) in [5.74, 6) is 0.955. The van der Waals surface area contributed by atoms with Crippen molar-refractivity contribution in [3.05, 3.63) is 0 Å². The van der Waals surface area contributed by atoms with Gasteiger partial charge in [0.15, 0.2) is 0 Å². The highest BCUT2D eigenvalue weighted by Crippen LogP contribution is 2.41. The molecule has 0 amide bonds. The second-order valence-corrected chi connectivity index (χ2v) is 6.37. The van der Waals surface area contributed by atoms with Crippen LogP contribution in [0.15, 0.2) is 0 Å².